The zero-order valence-electron chi connectivity index (χ0n) is 15.5. The van der Waals surface area contributed by atoms with E-state index in [1.165, 1.54) is 0 Å². The molecule has 2 heterocycles. The highest BCUT2D eigenvalue weighted by atomic mass is 35.5. The van der Waals surface area contributed by atoms with Crippen LogP contribution in [0.2, 0.25) is 5.02 Å². The van der Waals surface area contributed by atoms with E-state index in [0.717, 1.165) is 11.1 Å². The van der Waals surface area contributed by atoms with Crippen LogP contribution >= 0.6 is 11.6 Å². The van der Waals surface area contributed by atoms with Crippen molar-refractivity contribution in [1.29, 1.82) is 0 Å². The summed E-state index contributed by atoms with van der Waals surface area (Å²) in [4.78, 5) is 32.0. The van der Waals surface area contributed by atoms with E-state index in [4.69, 9.17) is 21.1 Å². The molecule has 1 aromatic carbocycles. The minimum Gasteiger partial charge on any atom is -0.423 e. The minimum atomic E-state index is -1.33. The van der Waals surface area contributed by atoms with E-state index in [9.17, 15) is 14.9 Å². The van der Waals surface area contributed by atoms with Gasteiger partial charge in [-0.2, -0.15) is 0 Å². The molecular formula is C19H19ClN2O6. The molecule has 0 spiro atoms. The van der Waals surface area contributed by atoms with Gasteiger partial charge in [0.05, 0.1) is 12.3 Å². The Labute approximate surface area is 166 Å². The van der Waals surface area contributed by atoms with Gasteiger partial charge in [0.25, 0.3) is 5.09 Å². The highest BCUT2D eigenvalue weighted by Gasteiger charge is 2.33. The summed E-state index contributed by atoms with van der Waals surface area (Å²) in [5.74, 6) is -1.04. The summed E-state index contributed by atoms with van der Waals surface area (Å²) >= 11 is 5.94. The topological polar surface area (TPSA) is 101 Å². The number of ether oxygens (including phenoxy) is 2. The number of carbonyl (C=O) groups is 1. The van der Waals surface area contributed by atoms with Crippen molar-refractivity contribution < 1.29 is 24.2 Å². The average Bonchev–Trinajstić information content (AvgIpc) is 3.06. The summed E-state index contributed by atoms with van der Waals surface area (Å²) in [5.41, 5.74) is 2.83. The molecule has 0 N–H and O–H groups in total. The first kappa shape index (κ1) is 20.0. The average molecular weight is 407 g/mol. The zero-order valence-corrected chi connectivity index (χ0v) is 16.3. The van der Waals surface area contributed by atoms with Gasteiger partial charge in [0, 0.05) is 22.3 Å². The minimum absolute atomic E-state index is 0.219. The Morgan fingerprint density at radius 3 is 2.64 bits per heavy atom. The monoisotopic (exact) mass is 406 g/mol. The predicted molar refractivity (Wildman–Crippen MR) is 99.4 cm³/mol. The molecule has 1 unspecified atom stereocenters. The van der Waals surface area contributed by atoms with Crippen molar-refractivity contribution in [3.63, 3.8) is 0 Å². The molecule has 9 heteroatoms. The summed E-state index contributed by atoms with van der Waals surface area (Å²) in [6.45, 7) is 5.18. The van der Waals surface area contributed by atoms with Gasteiger partial charge >= 0.3 is 5.97 Å². The normalized spacial score (nSPS) is 16.5. The highest BCUT2D eigenvalue weighted by molar-refractivity contribution is 6.30. The first-order chi connectivity index (χ1) is 13.3. The van der Waals surface area contributed by atoms with Gasteiger partial charge in [-0.05, 0) is 30.5 Å². The van der Waals surface area contributed by atoms with Gasteiger partial charge in [-0.25, -0.2) is 4.79 Å². The van der Waals surface area contributed by atoms with Gasteiger partial charge in [0.2, 0.25) is 6.10 Å². The third kappa shape index (κ3) is 4.07. The SMILES string of the molecule is Cc1ncc2c(c1OC(=O)C(O[N+](=O)[O-])C(C)C)CO[C@@H]2c1ccc(Cl)cc1. The lowest BCUT2D eigenvalue weighted by atomic mass is 10.00. The molecule has 0 bridgehead atoms. The quantitative estimate of drug-likeness (QED) is 0.408. The third-order valence-corrected chi connectivity index (χ3v) is 4.69. The zero-order chi connectivity index (χ0) is 20.4. The van der Waals surface area contributed by atoms with Gasteiger partial charge in [0.15, 0.2) is 5.75 Å². The predicted octanol–water partition coefficient (Wildman–Crippen LogP) is 3.80. The number of hydrogen-bond donors (Lipinski definition) is 0. The summed E-state index contributed by atoms with van der Waals surface area (Å²) < 4.78 is 11.4. The Kier molecular flexibility index (Phi) is 5.81. The molecule has 3 rings (SSSR count). The number of esters is 1. The first-order valence-electron chi connectivity index (χ1n) is 8.66. The molecule has 2 aromatic rings. The van der Waals surface area contributed by atoms with Crippen LogP contribution in [0.25, 0.3) is 0 Å². The van der Waals surface area contributed by atoms with E-state index in [0.29, 0.717) is 16.3 Å². The second-order valence-corrected chi connectivity index (χ2v) is 7.20. The molecule has 0 radical (unpaired) electrons. The number of nitrogens with zero attached hydrogens (tertiary/aromatic N) is 2. The molecule has 2 atom stereocenters. The number of fused-ring (bicyclic) bond motifs is 1. The van der Waals surface area contributed by atoms with Crippen LogP contribution in [0.3, 0.4) is 0 Å². The maximum atomic E-state index is 12.5. The molecule has 0 saturated heterocycles. The Morgan fingerprint density at radius 1 is 1.36 bits per heavy atom. The van der Waals surface area contributed by atoms with Crippen molar-refractivity contribution in [3.8, 4) is 5.75 Å². The fraction of sp³-hybridized carbons (Fsp3) is 0.368. The van der Waals surface area contributed by atoms with Crippen molar-refractivity contribution >= 4 is 17.6 Å². The fourth-order valence-electron chi connectivity index (χ4n) is 3.02. The van der Waals surface area contributed by atoms with Gasteiger partial charge in [-0.3, -0.25) is 9.82 Å². The number of aryl methyl sites for hydroxylation is 1. The third-order valence-electron chi connectivity index (χ3n) is 4.44. The van der Waals surface area contributed by atoms with Gasteiger partial charge in [-0.1, -0.05) is 37.6 Å². The van der Waals surface area contributed by atoms with Crippen molar-refractivity contribution in [2.75, 3.05) is 0 Å². The van der Waals surface area contributed by atoms with Crippen LogP contribution in [-0.4, -0.2) is 22.1 Å². The number of aromatic nitrogens is 1. The lowest BCUT2D eigenvalue weighted by Crippen LogP contribution is -2.35. The number of rotatable bonds is 6. The lowest BCUT2D eigenvalue weighted by Gasteiger charge is -2.19. The van der Waals surface area contributed by atoms with Crippen LogP contribution in [0.15, 0.2) is 30.5 Å². The van der Waals surface area contributed by atoms with Crippen LogP contribution in [-0.2, 0) is 21.0 Å². The highest BCUT2D eigenvalue weighted by Crippen LogP contribution is 2.41. The Bertz CT molecular complexity index is 900. The van der Waals surface area contributed by atoms with Crippen molar-refractivity contribution in [1.82, 2.24) is 4.98 Å². The number of hydrogen-bond acceptors (Lipinski definition) is 7. The molecular weight excluding hydrogens is 388 g/mol. The van der Waals surface area contributed by atoms with E-state index in [1.807, 2.05) is 12.1 Å². The fourth-order valence-corrected chi connectivity index (χ4v) is 3.15. The van der Waals surface area contributed by atoms with Crippen LogP contribution in [0.4, 0.5) is 0 Å². The summed E-state index contributed by atoms with van der Waals surface area (Å²) in [6.07, 6.45) is -0.0183. The van der Waals surface area contributed by atoms with Crippen molar-refractivity contribution in [2.24, 2.45) is 5.92 Å². The smallest absolute Gasteiger partial charge is 0.341 e. The van der Waals surface area contributed by atoms with Crippen LogP contribution in [0.5, 0.6) is 5.75 Å². The maximum Gasteiger partial charge on any atom is 0.341 e. The van der Waals surface area contributed by atoms with E-state index in [2.05, 4.69) is 9.82 Å². The Hall–Kier alpha value is -2.71. The number of carbonyl (C=O) groups excluding carboxylic acids is 1. The second-order valence-electron chi connectivity index (χ2n) is 6.76. The molecule has 0 saturated carbocycles. The van der Waals surface area contributed by atoms with Crippen LogP contribution in [0, 0.1) is 23.0 Å². The summed E-state index contributed by atoms with van der Waals surface area (Å²) in [5, 5.41) is 10.3. The van der Waals surface area contributed by atoms with Crippen molar-refractivity contribution in [3.05, 3.63) is 68.0 Å². The first-order valence-corrected chi connectivity index (χ1v) is 9.04. The molecule has 1 aromatic heterocycles. The van der Waals surface area contributed by atoms with Gasteiger partial charge in [-0.15, -0.1) is 10.1 Å². The molecule has 148 valence electrons. The van der Waals surface area contributed by atoms with Crippen LogP contribution < -0.4 is 4.74 Å². The van der Waals surface area contributed by atoms with Gasteiger partial charge < -0.3 is 9.47 Å². The number of pyridine rings is 1. The molecule has 1 aliphatic heterocycles. The molecule has 0 amide bonds. The second kappa shape index (κ2) is 8.12. The van der Waals surface area contributed by atoms with Crippen molar-refractivity contribution in [2.45, 2.75) is 39.6 Å². The van der Waals surface area contributed by atoms with E-state index in [1.54, 1.807) is 39.1 Å². The van der Waals surface area contributed by atoms with E-state index in [-0.39, 0.29) is 18.5 Å². The lowest BCUT2D eigenvalue weighted by molar-refractivity contribution is -0.766. The largest absolute Gasteiger partial charge is 0.423 e. The molecule has 0 fully saturated rings. The van der Waals surface area contributed by atoms with Crippen LogP contribution in [0.1, 0.15) is 42.3 Å². The maximum absolute atomic E-state index is 12.5. The molecule has 1 aliphatic rings. The molecule has 0 aliphatic carbocycles. The number of benzene rings is 1. The van der Waals surface area contributed by atoms with Gasteiger partial charge in [0.1, 0.15) is 6.10 Å². The van der Waals surface area contributed by atoms with E-state index < -0.39 is 23.1 Å². The Morgan fingerprint density at radius 2 is 2.04 bits per heavy atom. The summed E-state index contributed by atoms with van der Waals surface area (Å²) in [7, 11) is 0. The molecule has 28 heavy (non-hydrogen) atoms. The Balaban J connectivity index is 1.90. The summed E-state index contributed by atoms with van der Waals surface area (Å²) in [6, 6.07) is 7.24. The standard InChI is InChI=1S/C19H19ClN2O6/c1-10(2)16(28-22(24)25)19(23)27-17-11(3)21-8-14-15(17)9-26-18(14)12-4-6-13(20)7-5-12/h4-8,10,16,18H,9H2,1-3H3/t16?,18-/m1/s1. The molecule has 8 nitrogen and oxygen atoms in total. The number of halogens is 1. The van der Waals surface area contributed by atoms with E-state index >= 15 is 0 Å².